The predicted molar refractivity (Wildman–Crippen MR) is 52.8 cm³/mol. The Morgan fingerprint density at radius 2 is 1.62 bits per heavy atom. The first kappa shape index (κ1) is 13.7. The van der Waals surface area contributed by atoms with Crippen molar-refractivity contribution in [2.24, 2.45) is 0 Å². The maximum Gasteiger partial charge on any atom is 0.356 e. The van der Waals surface area contributed by atoms with E-state index in [1.807, 2.05) is 0 Å². The minimum atomic E-state index is -3.14. The Morgan fingerprint density at radius 3 is 1.92 bits per heavy atom. The maximum atomic E-state index is 11.6. The van der Waals surface area contributed by atoms with Crippen LogP contribution in [-0.4, -0.2) is 38.4 Å². The van der Waals surface area contributed by atoms with Crippen molar-refractivity contribution in [3.05, 3.63) is 0 Å². The Morgan fingerprint density at radius 1 is 1.15 bits per heavy atom. The molecule has 0 aliphatic rings. The van der Waals surface area contributed by atoms with Crippen molar-refractivity contribution in [1.29, 1.82) is 0 Å². The zero-order chi connectivity index (χ0) is 10.2. The highest BCUT2D eigenvalue weighted by molar-refractivity contribution is 7.53. The minimum absolute atomic E-state index is 0.0826. The third-order valence-corrected chi connectivity index (χ3v) is 3.05. The van der Waals surface area contributed by atoms with E-state index in [0.29, 0.717) is 0 Å². The van der Waals surface area contributed by atoms with E-state index >= 15 is 0 Å². The zero-order valence-corrected chi connectivity index (χ0v) is 9.78. The fourth-order valence-electron chi connectivity index (χ4n) is 0.617. The third kappa shape index (κ3) is 6.72. The summed E-state index contributed by atoms with van der Waals surface area (Å²) in [6, 6.07) is 0. The smallest absolute Gasteiger partial charge is 0.356 e. The highest BCUT2D eigenvalue weighted by atomic mass is 35.5. The number of rotatable bonds is 8. The van der Waals surface area contributed by atoms with Gasteiger partial charge in [0.05, 0.1) is 13.2 Å². The molecule has 0 spiro atoms. The van der Waals surface area contributed by atoms with Gasteiger partial charge >= 0.3 is 7.60 Å². The van der Waals surface area contributed by atoms with E-state index < -0.39 is 7.60 Å². The standard InChI is InChI=1S/C6H13Cl2O4P/c1-10-6-13(9,11-4-2-7)12-5-3-8/h2-6H2,1H3. The molecule has 0 N–H and O–H groups in total. The first-order chi connectivity index (χ1) is 6.18. The lowest BCUT2D eigenvalue weighted by Gasteiger charge is -2.16. The maximum absolute atomic E-state index is 11.6. The van der Waals surface area contributed by atoms with Crippen molar-refractivity contribution in [1.82, 2.24) is 0 Å². The molecule has 0 rings (SSSR count). The summed E-state index contributed by atoms with van der Waals surface area (Å²) < 4.78 is 26.2. The molecule has 0 saturated carbocycles. The van der Waals surface area contributed by atoms with E-state index in [2.05, 4.69) is 0 Å². The van der Waals surface area contributed by atoms with Crippen LogP contribution < -0.4 is 0 Å². The number of hydrogen-bond donors (Lipinski definition) is 0. The van der Waals surface area contributed by atoms with Crippen LogP contribution in [0.25, 0.3) is 0 Å². The molecule has 0 aromatic heterocycles. The lowest BCUT2D eigenvalue weighted by molar-refractivity contribution is 0.168. The summed E-state index contributed by atoms with van der Waals surface area (Å²) in [7, 11) is -1.73. The largest absolute Gasteiger partial charge is 0.372 e. The molecule has 4 nitrogen and oxygen atoms in total. The zero-order valence-electron chi connectivity index (χ0n) is 7.37. The molecule has 0 saturated heterocycles. The van der Waals surface area contributed by atoms with Crippen molar-refractivity contribution in [2.75, 3.05) is 38.4 Å². The molecule has 0 radical (unpaired) electrons. The van der Waals surface area contributed by atoms with Gasteiger partial charge in [0.1, 0.15) is 6.35 Å². The van der Waals surface area contributed by atoms with E-state index in [-0.39, 0.29) is 31.3 Å². The van der Waals surface area contributed by atoms with Gasteiger partial charge in [-0.15, -0.1) is 23.2 Å². The van der Waals surface area contributed by atoms with Gasteiger partial charge in [0.2, 0.25) is 0 Å². The van der Waals surface area contributed by atoms with E-state index in [1.54, 1.807) is 0 Å². The first-order valence-corrected chi connectivity index (χ1v) is 6.47. The van der Waals surface area contributed by atoms with E-state index in [4.69, 9.17) is 37.0 Å². The first-order valence-electron chi connectivity index (χ1n) is 3.67. The van der Waals surface area contributed by atoms with Crippen LogP contribution in [-0.2, 0) is 18.3 Å². The van der Waals surface area contributed by atoms with Gasteiger partial charge in [-0.1, -0.05) is 0 Å². The van der Waals surface area contributed by atoms with E-state index in [0.717, 1.165) is 0 Å². The van der Waals surface area contributed by atoms with Gasteiger partial charge in [0.25, 0.3) is 0 Å². The van der Waals surface area contributed by atoms with Crippen molar-refractivity contribution in [3.63, 3.8) is 0 Å². The average Bonchev–Trinajstić information content (AvgIpc) is 2.12. The summed E-state index contributed by atoms with van der Waals surface area (Å²) in [6.45, 7) is 0.342. The Bertz CT molecular complexity index is 155. The Kier molecular flexibility index (Phi) is 8.46. The third-order valence-electron chi connectivity index (χ3n) is 1.02. The molecule has 0 aliphatic heterocycles. The van der Waals surface area contributed by atoms with Gasteiger partial charge in [-0.05, 0) is 0 Å². The molecule has 7 heteroatoms. The second-order valence-electron chi connectivity index (χ2n) is 2.07. The lowest BCUT2D eigenvalue weighted by Crippen LogP contribution is -2.05. The number of methoxy groups -OCH3 is 1. The Labute approximate surface area is 88.0 Å². The highest BCUT2D eigenvalue weighted by Gasteiger charge is 2.23. The van der Waals surface area contributed by atoms with Crippen LogP contribution in [0.5, 0.6) is 0 Å². The number of halogens is 2. The van der Waals surface area contributed by atoms with Gasteiger partial charge in [-0.2, -0.15) is 0 Å². The van der Waals surface area contributed by atoms with Gasteiger partial charge in [-0.3, -0.25) is 4.57 Å². The topological polar surface area (TPSA) is 44.8 Å². The fraction of sp³-hybridized carbons (Fsp3) is 1.00. The second-order valence-corrected chi connectivity index (χ2v) is 4.83. The van der Waals surface area contributed by atoms with Crippen LogP contribution in [0.15, 0.2) is 0 Å². The summed E-state index contributed by atoms with van der Waals surface area (Å²) >= 11 is 10.7. The molecule has 0 aliphatic carbocycles. The molecule has 0 amide bonds. The lowest BCUT2D eigenvalue weighted by atomic mass is 10.9. The van der Waals surface area contributed by atoms with Crippen molar-refractivity contribution < 1.29 is 18.3 Å². The summed E-state index contributed by atoms with van der Waals surface area (Å²) in [5.41, 5.74) is 0. The van der Waals surface area contributed by atoms with Crippen molar-refractivity contribution in [2.45, 2.75) is 0 Å². The Hall–Kier alpha value is 0.690. The molecule has 80 valence electrons. The quantitative estimate of drug-likeness (QED) is 0.490. The van der Waals surface area contributed by atoms with Crippen LogP contribution >= 0.6 is 30.8 Å². The molecule has 0 fully saturated rings. The van der Waals surface area contributed by atoms with Crippen molar-refractivity contribution >= 4 is 30.8 Å². The van der Waals surface area contributed by atoms with Crippen LogP contribution in [0.2, 0.25) is 0 Å². The predicted octanol–water partition coefficient (Wildman–Crippen LogP) is 2.29. The highest BCUT2D eigenvalue weighted by Crippen LogP contribution is 2.47. The number of hydrogen-bond acceptors (Lipinski definition) is 4. The van der Waals surface area contributed by atoms with Gasteiger partial charge in [0, 0.05) is 18.9 Å². The molecule has 0 unspecified atom stereocenters. The van der Waals surface area contributed by atoms with Crippen molar-refractivity contribution in [3.8, 4) is 0 Å². The Balaban J connectivity index is 3.92. The molecular formula is C6H13Cl2O4P. The average molecular weight is 251 g/mol. The van der Waals surface area contributed by atoms with Gasteiger partial charge in [-0.25, -0.2) is 0 Å². The SMILES string of the molecule is COCP(=O)(OCCCl)OCCCl. The van der Waals surface area contributed by atoms with Gasteiger partial charge in [0.15, 0.2) is 0 Å². The summed E-state index contributed by atoms with van der Waals surface area (Å²) in [5, 5.41) is 0. The molecule has 0 atom stereocenters. The van der Waals surface area contributed by atoms with Crippen LogP contribution in [0, 0.1) is 0 Å². The molecule has 0 bridgehead atoms. The molecule has 13 heavy (non-hydrogen) atoms. The fourth-order valence-corrected chi connectivity index (χ4v) is 2.27. The number of ether oxygens (including phenoxy) is 1. The molecule has 0 heterocycles. The number of alkyl halides is 2. The molecule has 0 aromatic carbocycles. The molecule has 0 aromatic rings. The summed E-state index contributed by atoms with van der Waals surface area (Å²) in [5.74, 6) is 0.524. The minimum Gasteiger partial charge on any atom is -0.372 e. The second kappa shape index (κ2) is 8.04. The van der Waals surface area contributed by atoms with Crippen LogP contribution in [0.1, 0.15) is 0 Å². The van der Waals surface area contributed by atoms with Crippen LogP contribution in [0.4, 0.5) is 0 Å². The van der Waals surface area contributed by atoms with E-state index in [1.165, 1.54) is 7.11 Å². The van der Waals surface area contributed by atoms with Crippen LogP contribution in [0.3, 0.4) is 0 Å². The van der Waals surface area contributed by atoms with E-state index in [9.17, 15) is 4.57 Å². The molecular weight excluding hydrogens is 238 g/mol. The summed E-state index contributed by atoms with van der Waals surface area (Å²) in [4.78, 5) is 0. The summed E-state index contributed by atoms with van der Waals surface area (Å²) in [6.07, 6.45) is -0.0826. The van der Waals surface area contributed by atoms with Gasteiger partial charge < -0.3 is 13.8 Å². The normalized spacial score (nSPS) is 11.9. The monoisotopic (exact) mass is 250 g/mol.